The average Bonchev–Trinajstić information content (AvgIpc) is 3.14. The standard InChI is InChI=1S/C19H27N5O2/c25-18-7-5-11-24(18)15-6-4-10-23(14-15)17-13-20-12-16(21-17)19(26)22-8-2-1-3-9-22/h12-13,15H,1-11,14H2. The van der Waals surface area contributed by atoms with E-state index in [1.807, 2.05) is 9.80 Å². The lowest BCUT2D eigenvalue weighted by Gasteiger charge is -2.38. The van der Waals surface area contributed by atoms with E-state index in [2.05, 4.69) is 14.9 Å². The van der Waals surface area contributed by atoms with E-state index in [1.54, 1.807) is 12.4 Å². The number of aromatic nitrogens is 2. The van der Waals surface area contributed by atoms with Gasteiger partial charge in [-0.25, -0.2) is 4.98 Å². The summed E-state index contributed by atoms with van der Waals surface area (Å²) in [6.45, 7) is 4.17. The van der Waals surface area contributed by atoms with Gasteiger partial charge in [-0.2, -0.15) is 0 Å². The predicted molar refractivity (Wildman–Crippen MR) is 98.0 cm³/mol. The molecule has 0 saturated carbocycles. The molecule has 140 valence electrons. The lowest BCUT2D eigenvalue weighted by Crippen LogP contribution is -2.48. The summed E-state index contributed by atoms with van der Waals surface area (Å²) in [5.41, 5.74) is 0.434. The van der Waals surface area contributed by atoms with E-state index < -0.39 is 0 Å². The van der Waals surface area contributed by atoms with Gasteiger partial charge in [0.2, 0.25) is 5.91 Å². The van der Waals surface area contributed by atoms with Gasteiger partial charge in [0.1, 0.15) is 11.5 Å². The minimum absolute atomic E-state index is 0.0117. The van der Waals surface area contributed by atoms with Crippen LogP contribution in [0.15, 0.2) is 12.4 Å². The van der Waals surface area contributed by atoms with Crippen molar-refractivity contribution in [3.05, 3.63) is 18.1 Å². The quantitative estimate of drug-likeness (QED) is 0.823. The van der Waals surface area contributed by atoms with Gasteiger partial charge in [0.05, 0.1) is 12.4 Å². The number of rotatable bonds is 3. The summed E-state index contributed by atoms with van der Waals surface area (Å²) in [7, 11) is 0. The normalized spacial score (nSPS) is 24.2. The van der Waals surface area contributed by atoms with Gasteiger partial charge in [-0.15, -0.1) is 0 Å². The number of carbonyl (C=O) groups excluding carboxylic acids is 2. The summed E-state index contributed by atoms with van der Waals surface area (Å²) in [6, 6.07) is 0.252. The molecule has 7 nitrogen and oxygen atoms in total. The summed E-state index contributed by atoms with van der Waals surface area (Å²) in [5.74, 6) is 1.02. The van der Waals surface area contributed by atoms with E-state index in [4.69, 9.17) is 0 Å². The molecule has 3 aliphatic rings. The Balaban J connectivity index is 1.47. The number of carbonyl (C=O) groups is 2. The minimum Gasteiger partial charge on any atom is -0.353 e. The molecule has 3 fully saturated rings. The summed E-state index contributed by atoms with van der Waals surface area (Å²) in [5, 5.41) is 0. The van der Waals surface area contributed by atoms with Crippen molar-refractivity contribution >= 4 is 17.6 Å². The van der Waals surface area contributed by atoms with Crippen LogP contribution in [0.3, 0.4) is 0 Å². The Bertz CT molecular complexity index is 674. The third-order valence-electron chi connectivity index (χ3n) is 5.76. The maximum Gasteiger partial charge on any atom is 0.274 e. The van der Waals surface area contributed by atoms with Gasteiger partial charge < -0.3 is 14.7 Å². The lowest BCUT2D eigenvalue weighted by atomic mass is 10.0. The first-order valence-corrected chi connectivity index (χ1v) is 9.88. The molecule has 0 aromatic carbocycles. The van der Waals surface area contributed by atoms with Gasteiger partial charge in [0, 0.05) is 45.2 Å². The molecule has 1 aromatic rings. The second-order valence-corrected chi connectivity index (χ2v) is 7.55. The first kappa shape index (κ1) is 17.2. The molecule has 1 atom stereocenters. The number of anilines is 1. The highest BCUT2D eigenvalue weighted by Gasteiger charge is 2.32. The number of hydrogen-bond donors (Lipinski definition) is 0. The molecule has 0 spiro atoms. The number of hydrogen-bond acceptors (Lipinski definition) is 5. The fourth-order valence-corrected chi connectivity index (χ4v) is 4.34. The molecular formula is C19H27N5O2. The van der Waals surface area contributed by atoms with Crippen molar-refractivity contribution in [3.8, 4) is 0 Å². The Hall–Kier alpha value is -2.18. The summed E-state index contributed by atoms with van der Waals surface area (Å²) in [6.07, 6.45) is 10.4. The molecule has 0 N–H and O–H groups in total. The summed E-state index contributed by atoms with van der Waals surface area (Å²) in [4.78, 5) is 39.8. The molecule has 0 aliphatic carbocycles. The molecule has 0 radical (unpaired) electrons. The minimum atomic E-state index is -0.0117. The SMILES string of the molecule is O=C(c1cncc(N2CCCC(N3CCCC3=O)C2)n1)N1CCCCC1. The Labute approximate surface area is 154 Å². The van der Waals surface area contributed by atoms with Crippen molar-refractivity contribution in [2.24, 2.45) is 0 Å². The average molecular weight is 357 g/mol. The van der Waals surface area contributed by atoms with Crippen molar-refractivity contribution in [2.45, 2.75) is 51.0 Å². The fourth-order valence-electron chi connectivity index (χ4n) is 4.34. The maximum absolute atomic E-state index is 12.7. The maximum atomic E-state index is 12.7. The lowest BCUT2D eigenvalue weighted by molar-refractivity contribution is -0.129. The van der Waals surface area contributed by atoms with E-state index in [9.17, 15) is 9.59 Å². The van der Waals surface area contributed by atoms with Crippen LogP contribution in [0, 0.1) is 0 Å². The Morgan fingerprint density at radius 3 is 2.62 bits per heavy atom. The van der Waals surface area contributed by atoms with E-state index in [0.717, 1.165) is 70.6 Å². The Morgan fingerprint density at radius 2 is 1.85 bits per heavy atom. The van der Waals surface area contributed by atoms with Crippen LogP contribution in [-0.2, 0) is 4.79 Å². The molecule has 2 amide bonds. The first-order chi connectivity index (χ1) is 12.7. The number of nitrogens with zero attached hydrogens (tertiary/aromatic N) is 5. The first-order valence-electron chi connectivity index (χ1n) is 9.88. The van der Waals surface area contributed by atoms with Gasteiger partial charge >= 0.3 is 0 Å². The van der Waals surface area contributed by atoms with Gasteiger partial charge in [0.15, 0.2) is 0 Å². The third-order valence-corrected chi connectivity index (χ3v) is 5.76. The molecule has 1 unspecified atom stereocenters. The van der Waals surface area contributed by atoms with E-state index in [1.165, 1.54) is 6.42 Å². The molecule has 3 saturated heterocycles. The van der Waals surface area contributed by atoms with Crippen LogP contribution in [0.25, 0.3) is 0 Å². The van der Waals surface area contributed by atoms with Gasteiger partial charge in [-0.1, -0.05) is 0 Å². The molecular weight excluding hydrogens is 330 g/mol. The fraction of sp³-hybridized carbons (Fsp3) is 0.684. The zero-order valence-electron chi connectivity index (χ0n) is 15.3. The predicted octanol–water partition coefficient (Wildman–Crippen LogP) is 1.69. The second kappa shape index (κ2) is 7.60. The number of likely N-dealkylation sites (tertiary alicyclic amines) is 2. The van der Waals surface area contributed by atoms with Crippen LogP contribution >= 0.6 is 0 Å². The van der Waals surface area contributed by atoms with E-state index >= 15 is 0 Å². The van der Waals surface area contributed by atoms with Crippen molar-refractivity contribution in [1.82, 2.24) is 19.8 Å². The number of amides is 2. The molecule has 4 rings (SSSR count). The van der Waals surface area contributed by atoms with Crippen LogP contribution < -0.4 is 4.90 Å². The molecule has 3 aliphatic heterocycles. The number of piperidine rings is 2. The zero-order chi connectivity index (χ0) is 17.9. The highest BCUT2D eigenvalue weighted by molar-refractivity contribution is 5.92. The van der Waals surface area contributed by atoms with Crippen LogP contribution in [0.1, 0.15) is 55.4 Å². The van der Waals surface area contributed by atoms with Crippen molar-refractivity contribution in [1.29, 1.82) is 0 Å². The molecule has 1 aromatic heterocycles. The summed E-state index contributed by atoms with van der Waals surface area (Å²) >= 11 is 0. The van der Waals surface area contributed by atoms with E-state index in [-0.39, 0.29) is 17.9 Å². The van der Waals surface area contributed by atoms with Crippen molar-refractivity contribution in [2.75, 3.05) is 37.6 Å². The highest BCUT2D eigenvalue weighted by atomic mass is 16.2. The Morgan fingerprint density at radius 1 is 1.00 bits per heavy atom. The van der Waals surface area contributed by atoms with Gasteiger partial charge in [0.25, 0.3) is 5.91 Å². The highest BCUT2D eigenvalue weighted by Crippen LogP contribution is 2.24. The van der Waals surface area contributed by atoms with Crippen LogP contribution in [-0.4, -0.2) is 70.3 Å². The van der Waals surface area contributed by atoms with Crippen LogP contribution in [0.5, 0.6) is 0 Å². The monoisotopic (exact) mass is 357 g/mol. The van der Waals surface area contributed by atoms with Crippen LogP contribution in [0.2, 0.25) is 0 Å². The topological polar surface area (TPSA) is 69.6 Å². The molecule has 0 bridgehead atoms. The third kappa shape index (κ3) is 3.52. The second-order valence-electron chi connectivity index (χ2n) is 7.55. The molecule has 4 heterocycles. The Kier molecular flexibility index (Phi) is 5.04. The summed E-state index contributed by atoms with van der Waals surface area (Å²) < 4.78 is 0. The van der Waals surface area contributed by atoms with Gasteiger partial charge in [-0.05, 0) is 38.5 Å². The largest absolute Gasteiger partial charge is 0.353 e. The molecule has 26 heavy (non-hydrogen) atoms. The van der Waals surface area contributed by atoms with E-state index in [0.29, 0.717) is 12.1 Å². The zero-order valence-corrected chi connectivity index (χ0v) is 15.3. The molecule has 7 heteroatoms. The smallest absolute Gasteiger partial charge is 0.274 e. The van der Waals surface area contributed by atoms with Gasteiger partial charge in [-0.3, -0.25) is 14.6 Å². The van der Waals surface area contributed by atoms with Crippen molar-refractivity contribution < 1.29 is 9.59 Å². The van der Waals surface area contributed by atoms with Crippen LogP contribution in [0.4, 0.5) is 5.82 Å². The van der Waals surface area contributed by atoms with Crippen molar-refractivity contribution in [3.63, 3.8) is 0 Å².